The minimum absolute atomic E-state index is 0.152. The molecule has 3 aromatic rings. The molecule has 3 aromatic carbocycles. The number of nitro benzene ring substituents is 1. The summed E-state index contributed by atoms with van der Waals surface area (Å²) in [7, 11) is 0. The highest BCUT2D eigenvalue weighted by molar-refractivity contribution is 6.04. The van der Waals surface area contributed by atoms with Gasteiger partial charge in [0.15, 0.2) is 6.10 Å². The third-order valence-electron chi connectivity index (χ3n) is 4.43. The van der Waals surface area contributed by atoms with E-state index in [1.54, 1.807) is 43.3 Å². The molecule has 3 rings (SSSR count). The van der Waals surface area contributed by atoms with Crippen molar-refractivity contribution < 1.29 is 19.2 Å². The number of ketones is 1. The minimum Gasteiger partial charge on any atom is -0.482 e. The highest BCUT2D eigenvalue weighted by Crippen LogP contribution is 2.21. The van der Waals surface area contributed by atoms with E-state index in [0.29, 0.717) is 17.0 Å². The number of nitrogens with zero attached hydrogens (tertiary/aromatic N) is 1. The molecule has 0 radical (unpaired) electrons. The normalized spacial score (nSPS) is 11.4. The molecule has 1 unspecified atom stereocenters. The van der Waals surface area contributed by atoms with E-state index in [4.69, 9.17) is 4.74 Å². The second-order valence-corrected chi connectivity index (χ2v) is 6.78. The van der Waals surface area contributed by atoms with Crippen molar-refractivity contribution in [2.75, 3.05) is 5.32 Å². The molecule has 7 heteroatoms. The molecule has 0 saturated carbocycles. The van der Waals surface area contributed by atoms with Crippen LogP contribution in [0, 0.1) is 17.0 Å². The molecule has 0 aliphatic heterocycles. The summed E-state index contributed by atoms with van der Waals surface area (Å²) in [6.07, 6.45) is -0.713. The summed E-state index contributed by atoms with van der Waals surface area (Å²) < 4.78 is 5.75. The zero-order chi connectivity index (χ0) is 21.7. The maximum Gasteiger partial charge on any atom is 0.270 e. The van der Waals surface area contributed by atoms with Crippen LogP contribution in [-0.2, 0) is 0 Å². The number of hydrogen-bond donors (Lipinski definition) is 1. The Morgan fingerprint density at radius 3 is 2.37 bits per heavy atom. The lowest BCUT2D eigenvalue weighted by molar-refractivity contribution is -0.384. The monoisotopic (exact) mass is 404 g/mol. The molecule has 30 heavy (non-hydrogen) atoms. The van der Waals surface area contributed by atoms with Crippen LogP contribution in [0.25, 0.3) is 0 Å². The number of carbonyl (C=O) groups is 2. The molecule has 0 aromatic heterocycles. The molecule has 152 valence electrons. The maximum atomic E-state index is 12.5. The van der Waals surface area contributed by atoms with Crippen molar-refractivity contribution in [2.45, 2.75) is 20.0 Å². The van der Waals surface area contributed by atoms with E-state index in [1.165, 1.54) is 24.3 Å². The molecule has 7 nitrogen and oxygen atoms in total. The van der Waals surface area contributed by atoms with Crippen molar-refractivity contribution in [1.82, 2.24) is 0 Å². The number of aryl methyl sites for hydroxylation is 1. The minimum atomic E-state index is -0.713. The Bertz CT molecular complexity index is 1090. The molecule has 0 aliphatic rings. The number of amides is 1. The number of benzene rings is 3. The van der Waals surface area contributed by atoms with Crippen molar-refractivity contribution in [2.24, 2.45) is 0 Å². The Balaban J connectivity index is 1.69. The first-order valence-electron chi connectivity index (χ1n) is 9.27. The summed E-state index contributed by atoms with van der Waals surface area (Å²) in [5.41, 5.74) is 2.07. The summed E-state index contributed by atoms with van der Waals surface area (Å²) in [5, 5.41) is 13.6. The van der Waals surface area contributed by atoms with E-state index in [1.807, 2.05) is 19.1 Å². The smallest absolute Gasteiger partial charge is 0.270 e. The number of nitrogens with one attached hydrogen (secondary N) is 1. The lowest BCUT2D eigenvalue weighted by Gasteiger charge is -2.15. The van der Waals surface area contributed by atoms with E-state index >= 15 is 0 Å². The molecule has 0 saturated heterocycles. The van der Waals surface area contributed by atoms with Gasteiger partial charge in [0, 0.05) is 35.0 Å². The highest BCUT2D eigenvalue weighted by atomic mass is 16.6. The van der Waals surface area contributed by atoms with Crippen LogP contribution < -0.4 is 10.1 Å². The van der Waals surface area contributed by atoms with Gasteiger partial charge >= 0.3 is 0 Å². The van der Waals surface area contributed by atoms with E-state index in [9.17, 15) is 19.7 Å². The third kappa shape index (κ3) is 5.08. The number of carbonyl (C=O) groups excluding carboxylic acids is 2. The molecule has 0 heterocycles. The van der Waals surface area contributed by atoms with E-state index in [-0.39, 0.29) is 17.0 Å². The van der Waals surface area contributed by atoms with Crippen molar-refractivity contribution >= 4 is 23.1 Å². The van der Waals surface area contributed by atoms with Gasteiger partial charge in [-0.15, -0.1) is 0 Å². The molecule has 1 atom stereocenters. The van der Waals surface area contributed by atoms with Gasteiger partial charge in [0.1, 0.15) is 5.75 Å². The molecular weight excluding hydrogens is 384 g/mol. The zero-order valence-corrected chi connectivity index (χ0v) is 16.5. The van der Waals surface area contributed by atoms with Gasteiger partial charge in [-0.05, 0) is 32.0 Å². The number of hydrogen-bond acceptors (Lipinski definition) is 5. The number of ether oxygens (including phenoxy) is 1. The zero-order valence-electron chi connectivity index (χ0n) is 16.5. The summed E-state index contributed by atoms with van der Waals surface area (Å²) >= 11 is 0. The van der Waals surface area contributed by atoms with E-state index < -0.39 is 16.9 Å². The van der Waals surface area contributed by atoms with Gasteiger partial charge in [-0.25, -0.2) is 0 Å². The fourth-order valence-corrected chi connectivity index (χ4v) is 2.82. The molecule has 0 aliphatic carbocycles. The standard InChI is InChI=1S/C23H20N2O5/c1-15-9-11-17(12-10-15)22(26)16(2)30-21-8-4-6-19(14-21)24-23(27)18-5-3-7-20(13-18)25(28)29/h3-14,16H,1-2H3,(H,24,27). The van der Waals surface area contributed by atoms with Gasteiger partial charge in [0.25, 0.3) is 11.6 Å². The average molecular weight is 404 g/mol. The van der Waals surface area contributed by atoms with Gasteiger partial charge in [0.05, 0.1) is 4.92 Å². The van der Waals surface area contributed by atoms with Gasteiger partial charge < -0.3 is 10.1 Å². The van der Waals surface area contributed by atoms with Crippen LogP contribution in [0.5, 0.6) is 5.75 Å². The number of non-ortho nitro benzene ring substituents is 1. The van der Waals surface area contributed by atoms with Crippen molar-refractivity contribution in [3.05, 3.63) is 99.6 Å². The molecule has 1 N–H and O–H groups in total. The quantitative estimate of drug-likeness (QED) is 0.346. The van der Waals surface area contributed by atoms with Gasteiger partial charge in [-0.3, -0.25) is 19.7 Å². The Hall–Kier alpha value is -4.00. The lowest BCUT2D eigenvalue weighted by atomic mass is 10.1. The maximum absolute atomic E-state index is 12.5. The number of rotatable bonds is 7. The van der Waals surface area contributed by atoms with Crippen LogP contribution in [0.15, 0.2) is 72.8 Å². The van der Waals surface area contributed by atoms with Crippen LogP contribution >= 0.6 is 0 Å². The molecule has 1 amide bonds. The van der Waals surface area contributed by atoms with Crippen LogP contribution in [0.1, 0.15) is 33.2 Å². The fraction of sp³-hybridized carbons (Fsp3) is 0.130. The Morgan fingerprint density at radius 2 is 1.67 bits per heavy atom. The summed E-state index contributed by atoms with van der Waals surface area (Å²) in [4.78, 5) is 35.3. The Labute approximate surface area is 173 Å². The molecule has 0 fully saturated rings. The second-order valence-electron chi connectivity index (χ2n) is 6.78. The molecule has 0 spiro atoms. The molecule has 0 bridgehead atoms. The van der Waals surface area contributed by atoms with Crippen molar-refractivity contribution in [3.8, 4) is 5.75 Å². The summed E-state index contributed by atoms with van der Waals surface area (Å²) in [6, 6.07) is 19.3. The SMILES string of the molecule is Cc1ccc(C(=O)C(C)Oc2cccc(NC(=O)c3cccc([N+](=O)[O-])c3)c2)cc1. The van der Waals surface area contributed by atoms with E-state index in [2.05, 4.69) is 5.32 Å². The van der Waals surface area contributed by atoms with Crippen LogP contribution in [0.3, 0.4) is 0 Å². The summed E-state index contributed by atoms with van der Waals surface area (Å²) in [5.74, 6) is -0.222. The van der Waals surface area contributed by atoms with Crippen molar-refractivity contribution in [3.63, 3.8) is 0 Å². The van der Waals surface area contributed by atoms with Crippen LogP contribution in [0.4, 0.5) is 11.4 Å². The largest absolute Gasteiger partial charge is 0.482 e. The van der Waals surface area contributed by atoms with E-state index in [0.717, 1.165) is 5.56 Å². The third-order valence-corrected chi connectivity index (χ3v) is 4.43. The van der Waals surface area contributed by atoms with Crippen LogP contribution in [0.2, 0.25) is 0 Å². The number of Topliss-reactive ketones (excluding diaryl/α,β-unsaturated/α-hetero) is 1. The first-order chi connectivity index (χ1) is 14.3. The Kier molecular flexibility index (Phi) is 6.22. The number of anilines is 1. The van der Waals surface area contributed by atoms with Gasteiger partial charge in [0.2, 0.25) is 5.78 Å². The predicted octanol–water partition coefficient (Wildman–Crippen LogP) is 4.81. The predicted molar refractivity (Wildman–Crippen MR) is 113 cm³/mol. The van der Waals surface area contributed by atoms with Gasteiger partial charge in [-0.1, -0.05) is 42.0 Å². The first kappa shape index (κ1) is 20.7. The fourth-order valence-electron chi connectivity index (χ4n) is 2.82. The average Bonchev–Trinajstić information content (AvgIpc) is 2.74. The second kappa shape index (κ2) is 9.00. The Morgan fingerprint density at radius 1 is 0.967 bits per heavy atom. The topological polar surface area (TPSA) is 98.5 Å². The highest BCUT2D eigenvalue weighted by Gasteiger charge is 2.17. The van der Waals surface area contributed by atoms with Crippen LogP contribution in [-0.4, -0.2) is 22.7 Å². The van der Waals surface area contributed by atoms with Gasteiger partial charge in [-0.2, -0.15) is 0 Å². The first-order valence-corrected chi connectivity index (χ1v) is 9.27. The molecular formula is C23H20N2O5. The van der Waals surface area contributed by atoms with Crippen molar-refractivity contribution in [1.29, 1.82) is 0 Å². The summed E-state index contributed by atoms with van der Waals surface area (Å²) in [6.45, 7) is 3.61. The number of nitro groups is 1. The lowest BCUT2D eigenvalue weighted by Crippen LogP contribution is -2.24.